The predicted molar refractivity (Wildman–Crippen MR) is 84.8 cm³/mol. The molecule has 3 aromatic rings. The van der Waals surface area contributed by atoms with Crippen LogP contribution in [0.3, 0.4) is 0 Å². The van der Waals surface area contributed by atoms with Gasteiger partial charge in [0, 0.05) is 19.3 Å². The third-order valence-corrected chi connectivity index (χ3v) is 3.93. The van der Waals surface area contributed by atoms with Gasteiger partial charge in [0.1, 0.15) is 0 Å². The average molecular weight is 264 g/mol. The molecule has 3 rings (SSSR count). The van der Waals surface area contributed by atoms with Crippen molar-refractivity contribution in [2.45, 2.75) is 26.4 Å². The Hall–Kier alpha value is -2.06. The fourth-order valence-electron chi connectivity index (χ4n) is 2.85. The van der Waals surface area contributed by atoms with Crippen LogP contribution in [-0.2, 0) is 19.5 Å². The summed E-state index contributed by atoms with van der Waals surface area (Å²) in [5.41, 5.74) is 11.1. The van der Waals surface area contributed by atoms with Crippen molar-refractivity contribution in [3.8, 4) is 0 Å². The monoisotopic (exact) mass is 264 g/mol. The molecule has 20 heavy (non-hydrogen) atoms. The summed E-state index contributed by atoms with van der Waals surface area (Å²) in [5, 5.41) is 1.31. The van der Waals surface area contributed by atoms with Gasteiger partial charge in [-0.15, -0.1) is 0 Å². The number of aromatic nitrogens is 1. The van der Waals surface area contributed by atoms with Gasteiger partial charge in [0.15, 0.2) is 0 Å². The Bertz CT molecular complexity index is 725. The van der Waals surface area contributed by atoms with Crippen LogP contribution in [0.5, 0.6) is 0 Å². The van der Waals surface area contributed by atoms with Gasteiger partial charge in [0.25, 0.3) is 0 Å². The lowest BCUT2D eigenvalue weighted by Crippen LogP contribution is -2.06. The van der Waals surface area contributed by atoms with E-state index < -0.39 is 0 Å². The lowest BCUT2D eigenvalue weighted by atomic mass is 10.1. The van der Waals surface area contributed by atoms with Gasteiger partial charge in [-0.25, -0.2) is 0 Å². The zero-order valence-electron chi connectivity index (χ0n) is 11.8. The van der Waals surface area contributed by atoms with Crippen molar-refractivity contribution in [2.24, 2.45) is 5.73 Å². The predicted octanol–water partition coefficient (Wildman–Crippen LogP) is 3.71. The van der Waals surface area contributed by atoms with E-state index in [0.717, 1.165) is 13.0 Å². The summed E-state index contributed by atoms with van der Waals surface area (Å²) >= 11 is 0. The Morgan fingerprint density at radius 1 is 0.900 bits per heavy atom. The van der Waals surface area contributed by atoms with Crippen LogP contribution in [0.15, 0.2) is 54.7 Å². The zero-order valence-corrected chi connectivity index (χ0v) is 11.8. The van der Waals surface area contributed by atoms with Crippen LogP contribution in [0.4, 0.5) is 0 Å². The molecule has 2 aromatic carbocycles. The standard InChI is InChI=1S/C18H20N2/c1-2-14-8-5-9-15-10-11-20(18(14)15)13-17-7-4-3-6-16(17)12-19/h3-11H,2,12-13,19H2,1H3. The van der Waals surface area contributed by atoms with Crippen molar-refractivity contribution >= 4 is 10.9 Å². The molecule has 2 heteroatoms. The Morgan fingerprint density at radius 2 is 1.65 bits per heavy atom. The second-order valence-electron chi connectivity index (χ2n) is 5.12. The van der Waals surface area contributed by atoms with Crippen LogP contribution >= 0.6 is 0 Å². The largest absolute Gasteiger partial charge is 0.343 e. The molecule has 0 spiro atoms. The number of hydrogen-bond acceptors (Lipinski definition) is 1. The Balaban J connectivity index is 2.07. The minimum absolute atomic E-state index is 0.593. The van der Waals surface area contributed by atoms with Crippen molar-refractivity contribution in [2.75, 3.05) is 0 Å². The molecular formula is C18H20N2. The van der Waals surface area contributed by atoms with Gasteiger partial charge in [-0.2, -0.15) is 0 Å². The maximum atomic E-state index is 5.84. The highest BCUT2D eigenvalue weighted by atomic mass is 15.0. The number of nitrogens with two attached hydrogens (primary N) is 1. The molecule has 0 bridgehead atoms. The highest BCUT2D eigenvalue weighted by Crippen LogP contribution is 2.22. The molecule has 0 unspecified atom stereocenters. The highest BCUT2D eigenvalue weighted by Gasteiger charge is 2.07. The van der Waals surface area contributed by atoms with Gasteiger partial charge < -0.3 is 10.3 Å². The molecule has 0 fully saturated rings. The molecule has 102 valence electrons. The Morgan fingerprint density at radius 3 is 2.40 bits per heavy atom. The van der Waals surface area contributed by atoms with E-state index in [9.17, 15) is 0 Å². The SMILES string of the molecule is CCc1cccc2ccn(Cc3ccccc3CN)c12. The molecule has 2 nitrogen and oxygen atoms in total. The van der Waals surface area contributed by atoms with Gasteiger partial charge in [-0.1, -0.05) is 49.4 Å². The topological polar surface area (TPSA) is 30.9 Å². The number of nitrogens with zero attached hydrogens (tertiary/aromatic N) is 1. The van der Waals surface area contributed by atoms with E-state index in [-0.39, 0.29) is 0 Å². The van der Waals surface area contributed by atoms with Crippen LogP contribution in [0.2, 0.25) is 0 Å². The normalized spacial score (nSPS) is 11.1. The molecule has 0 amide bonds. The van der Waals surface area contributed by atoms with Crippen molar-refractivity contribution in [3.63, 3.8) is 0 Å². The summed E-state index contributed by atoms with van der Waals surface area (Å²) in [6, 6.07) is 17.1. The van der Waals surface area contributed by atoms with Gasteiger partial charge in [0.2, 0.25) is 0 Å². The van der Waals surface area contributed by atoms with Crippen LogP contribution in [0, 0.1) is 0 Å². The van der Waals surface area contributed by atoms with E-state index in [2.05, 4.69) is 66.2 Å². The maximum Gasteiger partial charge on any atom is 0.0515 e. The number of rotatable bonds is 4. The Labute approximate surface area is 119 Å². The molecule has 2 N–H and O–H groups in total. The van der Waals surface area contributed by atoms with Crippen LogP contribution in [-0.4, -0.2) is 4.57 Å². The van der Waals surface area contributed by atoms with Crippen molar-refractivity contribution in [1.29, 1.82) is 0 Å². The minimum Gasteiger partial charge on any atom is -0.343 e. The van der Waals surface area contributed by atoms with E-state index in [1.807, 2.05) is 0 Å². The first-order valence-corrected chi connectivity index (χ1v) is 7.17. The number of benzene rings is 2. The number of para-hydroxylation sites is 1. The Kier molecular flexibility index (Phi) is 3.57. The smallest absolute Gasteiger partial charge is 0.0515 e. The maximum absolute atomic E-state index is 5.84. The first-order chi connectivity index (χ1) is 9.83. The van der Waals surface area contributed by atoms with E-state index in [1.165, 1.54) is 27.6 Å². The minimum atomic E-state index is 0.593. The summed E-state index contributed by atoms with van der Waals surface area (Å²) in [4.78, 5) is 0. The quantitative estimate of drug-likeness (QED) is 0.765. The van der Waals surface area contributed by atoms with Gasteiger partial charge >= 0.3 is 0 Å². The van der Waals surface area contributed by atoms with E-state index in [1.54, 1.807) is 0 Å². The summed E-state index contributed by atoms with van der Waals surface area (Å²) < 4.78 is 2.34. The summed E-state index contributed by atoms with van der Waals surface area (Å²) in [5.74, 6) is 0. The third kappa shape index (κ3) is 2.23. The third-order valence-electron chi connectivity index (χ3n) is 3.93. The summed E-state index contributed by atoms with van der Waals surface area (Å²) in [6.45, 7) is 3.68. The fraction of sp³-hybridized carbons (Fsp3) is 0.222. The first kappa shape index (κ1) is 12.9. The molecule has 0 saturated carbocycles. The van der Waals surface area contributed by atoms with Gasteiger partial charge in [0.05, 0.1) is 5.52 Å². The van der Waals surface area contributed by atoms with Gasteiger partial charge in [-0.3, -0.25) is 0 Å². The molecule has 0 saturated heterocycles. The lowest BCUT2D eigenvalue weighted by Gasteiger charge is -2.12. The molecule has 0 atom stereocenters. The molecule has 1 aromatic heterocycles. The van der Waals surface area contributed by atoms with Crippen LogP contribution in [0.1, 0.15) is 23.6 Å². The van der Waals surface area contributed by atoms with E-state index in [4.69, 9.17) is 5.73 Å². The lowest BCUT2D eigenvalue weighted by molar-refractivity contribution is 0.815. The molecular weight excluding hydrogens is 244 g/mol. The highest BCUT2D eigenvalue weighted by molar-refractivity contribution is 5.83. The first-order valence-electron chi connectivity index (χ1n) is 7.17. The molecule has 0 radical (unpaired) electrons. The molecule has 0 aliphatic heterocycles. The van der Waals surface area contributed by atoms with E-state index >= 15 is 0 Å². The van der Waals surface area contributed by atoms with Gasteiger partial charge in [-0.05, 0) is 34.6 Å². The van der Waals surface area contributed by atoms with Crippen LogP contribution < -0.4 is 5.73 Å². The van der Waals surface area contributed by atoms with Crippen molar-refractivity contribution < 1.29 is 0 Å². The number of aryl methyl sites for hydroxylation is 1. The molecule has 0 aliphatic carbocycles. The zero-order chi connectivity index (χ0) is 13.9. The molecule has 0 aliphatic rings. The van der Waals surface area contributed by atoms with Crippen molar-refractivity contribution in [1.82, 2.24) is 4.57 Å². The van der Waals surface area contributed by atoms with E-state index in [0.29, 0.717) is 6.54 Å². The number of hydrogen-bond donors (Lipinski definition) is 1. The summed E-state index contributed by atoms with van der Waals surface area (Å²) in [7, 11) is 0. The summed E-state index contributed by atoms with van der Waals surface area (Å²) in [6.07, 6.45) is 3.23. The second-order valence-corrected chi connectivity index (χ2v) is 5.12. The fourth-order valence-corrected chi connectivity index (χ4v) is 2.85. The number of fused-ring (bicyclic) bond motifs is 1. The van der Waals surface area contributed by atoms with Crippen LogP contribution in [0.25, 0.3) is 10.9 Å². The second kappa shape index (κ2) is 5.51. The van der Waals surface area contributed by atoms with Crippen molar-refractivity contribution in [3.05, 3.63) is 71.4 Å². The molecule has 1 heterocycles. The average Bonchev–Trinajstić information content (AvgIpc) is 2.91.